The number of aliphatic hydroxyl groups excluding tert-OH is 1. The van der Waals surface area contributed by atoms with Crippen molar-refractivity contribution >= 4 is 23.6 Å². The zero-order valence-electron chi connectivity index (χ0n) is 13.8. The van der Waals surface area contributed by atoms with E-state index in [0.29, 0.717) is 24.0 Å². The summed E-state index contributed by atoms with van der Waals surface area (Å²) in [5, 5.41) is 16.6. The summed E-state index contributed by atoms with van der Waals surface area (Å²) in [6, 6.07) is 0. The first-order valence-electron chi connectivity index (χ1n) is 7.64. The Hall–Kier alpha value is -1.33. The molecule has 2 N–H and O–H groups in total. The van der Waals surface area contributed by atoms with Crippen molar-refractivity contribution in [2.75, 3.05) is 13.2 Å². The van der Waals surface area contributed by atoms with Crippen molar-refractivity contribution in [1.29, 1.82) is 0 Å². The summed E-state index contributed by atoms with van der Waals surface area (Å²) in [6.07, 6.45) is 3.85. The van der Waals surface area contributed by atoms with E-state index in [1.54, 1.807) is 10.8 Å². The molecule has 0 radical (unpaired) electrons. The summed E-state index contributed by atoms with van der Waals surface area (Å²) < 4.78 is 1.77. The van der Waals surface area contributed by atoms with Crippen molar-refractivity contribution in [2.24, 2.45) is 11.8 Å². The van der Waals surface area contributed by atoms with Gasteiger partial charge < -0.3 is 10.4 Å². The summed E-state index contributed by atoms with van der Waals surface area (Å²) in [5.74, 6) is 0.531. The highest BCUT2D eigenvalue weighted by Crippen LogP contribution is 2.22. The predicted octanol–water partition coefficient (Wildman–Crippen LogP) is 2.65. The number of carbonyl (C=O) groups excluding carboxylic acids is 1. The SMILES string of the molecule is Cc1nn(CC(C)C)c(Cl)c1/C=C/C(=O)NCC(C)CCO. The van der Waals surface area contributed by atoms with Crippen LogP contribution >= 0.6 is 11.6 Å². The van der Waals surface area contributed by atoms with Gasteiger partial charge in [-0.2, -0.15) is 5.10 Å². The fraction of sp³-hybridized carbons (Fsp3) is 0.625. The Kier molecular flexibility index (Phi) is 7.62. The second-order valence-electron chi connectivity index (χ2n) is 6.06. The molecule has 1 atom stereocenters. The summed E-state index contributed by atoms with van der Waals surface area (Å²) in [6.45, 7) is 9.49. The molecule has 1 amide bonds. The van der Waals surface area contributed by atoms with E-state index in [4.69, 9.17) is 16.7 Å². The molecule has 0 saturated carbocycles. The lowest BCUT2D eigenvalue weighted by Gasteiger charge is -2.09. The second kappa shape index (κ2) is 8.96. The molecular weight excluding hydrogens is 302 g/mol. The molecule has 0 aliphatic heterocycles. The van der Waals surface area contributed by atoms with Gasteiger partial charge >= 0.3 is 0 Å². The van der Waals surface area contributed by atoms with Gasteiger partial charge in [-0.25, -0.2) is 0 Å². The smallest absolute Gasteiger partial charge is 0.244 e. The number of carbonyl (C=O) groups is 1. The van der Waals surface area contributed by atoms with Crippen molar-refractivity contribution in [2.45, 2.75) is 40.7 Å². The first-order valence-corrected chi connectivity index (χ1v) is 8.02. The van der Waals surface area contributed by atoms with Gasteiger partial charge in [-0.1, -0.05) is 32.4 Å². The maximum Gasteiger partial charge on any atom is 0.244 e. The number of aromatic nitrogens is 2. The molecular formula is C16H26ClN3O2. The molecule has 0 aliphatic rings. The van der Waals surface area contributed by atoms with E-state index in [9.17, 15) is 4.79 Å². The minimum Gasteiger partial charge on any atom is -0.396 e. The van der Waals surface area contributed by atoms with Crippen LogP contribution in [-0.2, 0) is 11.3 Å². The maximum absolute atomic E-state index is 11.8. The monoisotopic (exact) mass is 327 g/mol. The van der Waals surface area contributed by atoms with Gasteiger partial charge in [0.1, 0.15) is 5.15 Å². The number of amides is 1. The lowest BCUT2D eigenvalue weighted by atomic mass is 10.1. The van der Waals surface area contributed by atoms with Gasteiger partial charge in [0.2, 0.25) is 5.91 Å². The minimum absolute atomic E-state index is 0.136. The molecule has 0 saturated heterocycles. The summed E-state index contributed by atoms with van der Waals surface area (Å²) in [7, 11) is 0. The van der Waals surface area contributed by atoms with Crippen LogP contribution in [-0.4, -0.2) is 33.9 Å². The molecule has 1 unspecified atom stereocenters. The molecule has 5 nitrogen and oxygen atoms in total. The van der Waals surface area contributed by atoms with Crippen LogP contribution in [0.15, 0.2) is 6.08 Å². The maximum atomic E-state index is 11.8. The first kappa shape index (κ1) is 18.7. The third-order valence-electron chi connectivity index (χ3n) is 3.30. The highest BCUT2D eigenvalue weighted by atomic mass is 35.5. The third-order valence-corrected chi connectivity index (χ3v) is 3.69. The lowest BCUT2D eigenvalue weighted by molar-refractivity contribution is -0.116. The number of rotatable bonds is 8. The minimum atomic E-state index is -0.170. The normalized spacial score (nSPS) is 13.0. The van der Waals surface area contributed by atoms with Crippen molar-refractivity contribution < 1.29 is 9.90 Å². The number of nitrogens with one attached hydrogen (secondary N) is 1. The Morgan fingerprint density at radius 3 is 2.73 bits per heavy atom. The Morgan fingerprint density at radius 1 is 1.45 bits per heavy atom. The van der Waals surface area contributed by atoms with Gasteiger partial charge in [0.05, 0.1) is 5.69 Å². The number of hydrogen-bond donors (Lipinski definition) is 2. The van der Waals surface area contributed by atoms with Crippen LogP contribution in [0.3, 0.4) is 0 Å². The van der Waals surface area contributed by atoms with Gasteiger partial charge in [0, 0.05) is 31.3 Å². The molecule has 6 heteroatoms. The van der Waals surface area contributed by atoms with E-state index < -0.39 is 0 Å². The Morgan fingerprint density at radius 2 is 2.14 bits per heavy atom. The van der Waals surface area contributed by atoms with Crippen LogP contribution in [0.2, 0.25) is 5.15 Å². The van der Waals surface area contributed by atoms with Crippen LogP contribution in [0.25, 0.3) is 6.08 Å². The summed E-state index contributed by atoms with van der Waals surface area (Å²) in [5.41, 5.74) is 1.59. The molecule has 124 valence electrons. The topological polar surface area (TPSA) is 67.2 Å². The molecule has 0 spiro atoms. The van der Waals surface area contributed by atoms with Crippen molar-refractivity contribution in [3.05, 3.63) is 22.5 Å². The average Bonchev–Trinajstić information content (AvgIpc) is 2.69. The molecule has 1 aromatic heterocycles. The fourth-order valence-electron chi connectivity index (χ4n) is 2.04. The molecule has 0 aromatic carbocycles. The van der Waals surface area contributed by atoms with Crippen molar-refractivity contribution in [3.63, 3.8) is 0 Å². The Balaban J connectivity index is 2.66. The second-order valence-corrected chi connectivity index (χ2v) is 6.42. The molecule has 22 heavy (non-hydrogen) atoms. The van der Waals surface area contributed by atoms with Gasteiger partial charge in [-0.15, -0.1) is 0 Å². The predicted molar refractivity (Wildman–Crippen MR) is 89.7 cm³/mol. The van der Waals surface area contributed by atoms with Gasteiger partial charge in [0.25, 0.3) is 0 Å². The number of nitrogens with zero attached hydrogens (tertiary/aromatic N) is 2. The van der Waals surface area contributed by atoms with Crippen LogP contribution in [0, 0.1) is 18.8 Å². The number of aryl methyl sites for hydroxylation is 1. The number of halogens is 1. The number of hydrogen-bond acceptors (Lipinski definition) is 3. The van der Waals surface area contributed by atoms with E-state index >= 15 is 0 Å². The van der Waals surface area contributed by atoms with Crippen molar-refractivity contribution in [1.82, 2.24) is 15.1 Å². The molecule has 1 heterocycles. The number of aliphatic hydroxyl groups is 1. The molecule has 0 aliphatic carbocycles. The summed E-state index contributed by atoms with van der Waals surface area (Å²) in [4.78, 5) is 11.8. The standard InChI is InChI=1S/C16H26ClN3O2/c1-11(2)10-20-16(17)14(13(4)19-20)5-6-15(22)18-9-12(3)7-8-21/h5-6,11-12,21H,7-10H2,1-4H3,(H,18,22)/b6-5+. The van der Waals surface area contributed by atoms with Gasteiger partial charge in [-0.05, 0) is 31.3 Å². The zero-order chi connectivity index (χ0) is 16.7. The van der Waals surface area contributed by atoms with E-state index in [1.807, 2.05) is 13.8 Å². The quantitative estimate of drug-likeness (QED) is 0.721. The lowest BCUT2D eigenvalue weighted by Crippen LogP contribution is -2.26. The van der Waals surface area contributed by atoms with E-state index in [0.717, 1.165) is 17.8 Å². The van der Waals surface area contributed by atoms with Gasteiger partial charge in [-0.3, -0.25) is 9.48 Å². The fourth-order valence-corrected chi connectivity index (χ4v) is 2.35. The van der Waals surface area contributed by atoms with Crippen LogP contribution < -0.4 is 5.32 Å². The summed E-state index contributed by atoms with van der Waals surface area (Å²) >= 11 is 6.32. The van der Waals surface area contributed by atoms with E-state index in [1.165, 1.54) is 6.08 Å². The molecule has 1 rings (SSSR count). The Labute approximate surface area is 137 Å². The highest BCUT2D eigenvalue weighted by Gasteiger charge is 2.12. The van der Waals surface area contributed by atoms with Gasteiger partial charge in [0.15, 0.2) is 0 Å². The van der Waals surface area contributed by atoms with Crippen LogP contribution in [0.4, 0.5) is 0 Å². The third kappa shape index (κ3) is 5.81. The average molecular weight is 328 g/mol. The zero-order valence-corrected chi connectivity index (χ0v) is 14.5. The van der Waals surface area contributed by atoms with E-state index in [-0.39, 0.29) is 18.4 Å². The molecule has 1 aromatic rings. The molecule has 0 bridgehead atoms. The van der Waals surface area contributed by atoms with Crippen molar-refractivity contribution in [3.8, 4) is 0 Å². The van der Waals surface area contributed by atoms with Crippen LogP contribution in [0.5, 0.6) is 0 Å². The highest BCUT2D eigenvalue weighted by molar-refractivity contribution is 6.31. The van der Waals surface area contributed by atoms with Crippen LogP contribution in [0.1, 0.15) is 38.4 Å². The first-order chi connectivity index (χ1) is 10.3. The largest absolute Gasteiger partial charge is 0.396 e. The van der Waals surface area contributed by atoms with E-state index in [2.05, 4.69) is 24.3 Å². The molecule has 0 fully saturated rings. The Bertz CT molecular complexity index is 524.